The Labute approximate surface area is 154 Å². The first-order valence-electron chi connectivity index (χ1n) is 10.0. The summed E-state index contributed by atoms with van der Waals surface area (Å²) in [6, 6.07) is -0.598. The monoisotopic (exact) mass is 357 g/mol. The molecule has 1 atom stereocenters. The van der Waals surface area contributed by atoms with Gasteiger partial charge in [-0.05, 0) is 18.8 Å². The zero-order chi connectivity index (χ0) is 19.1. The standard InChI is InChI=1S/C20H39NO4/c1-6-8-10-11-12-14-16-25-20(23)21(5)18(17(3)4)19(22)24-15-13-9-7-2/h17-18H,6-16H2,1-5H3. The van der Waals surface area contributed by atoms with E-state index in [0.717, 1.165) is 32.1 Å². The van der Waals surface area contributed by atoms with Crippen LogP contribution in [0.15, 0.2) is 0 Å². The summed E-state index contributed by atoms with van der Waals surface area (Å²) in [6.45, 7) is 8.94. The number of unbranched alkanes of at least 4 members (excludes halogenated alkanes) is 7. The van der Waals surface area contributed by atoms with Crippen LogP contribution in [0, 0.1) is 5.92 Å². The van der Waals surface area contributed by atoms with Gasteiger partial charge in [-0.3, -0.25) is 4.90 Å². The van der Waals surface area contributed by atoms with Crippen LogP contribution >= 0.6 is 0 Å². The molecule has 0 aromatic heterocycles. The van der Waals surface area contributed by atoms with E-state index in [0.29, 0.717) is 13.2 Å². The molecular weight excluding hydrogens is 318 g/mol. The van der Waals surface area contributed by atoms with Crippen molar-refractivity contribution in [2.24, 2.45) is 5.92 Å². The third-order valence-electron chi connectivity index (χ3n) is 4.29. The number of carbonyl (C=O) groups is 2. The minimum Gasteiger partial charge on any atom is -0.464 e. The van der Waals surface area contributed by atoms with Gasteiger partial charge in [0.25, 0.3) is 0 Å². The molecule has 148 valence electrons. The van der Waals surface area contributed by atoms with Gasteiger partial charge in [0.1, 0.15) is 6.04 Å². The number of rotatable bonds is 14. The Hall–Kier alpha value is -1.26. The number of likely N-dealkylation sites (N-methyl/N-ethyl adjacent to an activating group) is 1. The molecule has 1 amide bonds. The van der Waals surface area contributed by atoms with Gasteiger partial charge in [-0.2, -0.15) is 0 Å². The summed E-state index contributed by atoms with van der Waals surface area (Å²) in [4.78, 5) is 25.9. The van der Waals surface area contributed by atoms with Crippen molar-refractivity contribution >= 4 is 12.1 Å². The average Bonchev–Trinajstić information content (AvgIpc) is 2.57. The Bertz CT molecular complexity index is 358. The molecule has 0 radical (unpaired) electrons. The second-order valence-corrected chi connectivity index (χ2v) is 7.06. The number of ether oxygens (including phenoxy) is 2. The molecule has 0 N–H and O–H groups in total. The number of carbonyl (C=O) groups excluding carboxylic acids is 2. The molecule has 5 nitrogen and oxygen atoms in total. The van der Waals surface area contributed by atoms with Crippen LogP contribution in [0.3, 0.4) is 0 Å². The Balaban J connectivity index is 4.21. The molecule has 0 aromatic carbocycles. The van der Waals surface area contributed by atoms with Crippen molar-refractivity contribution in [3.8, 4) is 0 Å². The van der Waals surface area contributed by atoms with Gasteiger partial charge >= 0.3 is 12.1 Å². The van der Waals surface area contributed by atoms with Gasteiger partial charge in [-0.1, -0.05) is 72.6 Å². The summed E-state index contributed by atoms with van der Waals surface area (Å²) in [6.07, 6.45) is 9.39. The first kappa shape index (κ1) is 23.7. The molecule has 0 aliphatic heterocycles. The number of esters is 1. The predicted octanol–water partition coefficient (Wildman–Crippen LogP) is 5.17. The van der Waals surface area contributed by atoms with Gasteiger partial charge in [-0.25, -0.2) is 9.59 Å². The van der Waals surface area contributed by atoms with Crippen molar-refractivity contribution in [3.63, 3.8) is 0 Å². The minimum absolute atomic E-state index is 0.0229. The highest BCUT2D eigenvalue weighted by Gasteiger charge is 2.32. The molecule has 0 fully saturated rings. The average molecular weight is 358 g/mol. The largest absolute Gasteiger partial charge is 0.464 e. The van der Waals surface area contributed by atoms with Crippen LogP contribution in [0.4, 0.5) is 4.79 Å². The molecule has 0 heterocycles. The highest BCUT2D eigenvalue weighted by molar-refractivity contribution is 5.81. The van der Waals surface area contributed by atoms with Gasteiger partial charge in [0.2, 0.25) is 0 Å². The van der Waals surface area contributed by atoms with Crippen molar-refractivity contribution in [1.29, 1.82) is 0 Å². The highest BCUT2D eigenvalue weighted by Crippen LogP contribution is 2.13. The molecule has 0 aromatic rings. The highest BCUT2D eigenvalue weighted by atomic mass is 16.6. The molecule has 1 unspecified atom stereocenters. The van der Waals surface area contributed by atoms with Crippen LogP contribution in [0.1, 0.15) is 85.5 Å². The first-order valence-corrected chi connectivity index (χ1v) is 10.0. The van der Waals surface area contributed by atoms with Crippen molar-refractivity contribution in [2.45, 2.75) is 91.5 Å². The molecule has 0 aliphatic rings. The Morgan fingerprint density at radius 1 is 0.800 bits per heavy atom. The van der Waals surface area contributed by atoms with E-state index in [1.54, 1.807) is 7.05 Å². The zero-order valence-corrected chi connectivity index (χ0v) is 17.0. The molecule has 0 bridgehead atoms. The molecule has 0 saturated heterocycles. The lowest BCUT2D eigenvalue weighted by Gasteiger charge is -2.28. The predicted molar refractivity (Wildman–Crippen MR) is 102 cm³/mol. The van der Waals surface area contributed by atoms with E-state index >= 15 is 0 Å². The number of amides is 1. The fourth-order valence-electron chi connectivity index (χ4n) is 2.74. The van der Waals surface area contributed by atoms with E-state index < -0.39 is 12.1 Å². The van der Waals surface area contributed by atoms with Crippen molar-refractivity contribution in [2.75, 3.05) is 20.3 Å². The molecule has 0 rings (SSSR count). The van der Waals surface area contributed by atoms with Crippen LogP contribution < -0.4 is 0 Å². The molecule has 0 aliphatic carbocycles. The van der Waals surface area contributed by atoms with Crippen molar-refractivity contribution < 1.29 is 19.1 Å². The fraction of sp³-hybridized carbons (Fsp3) is 0.900. The number of nitrogens with zero attached hydrogens (tertiary/aromatic N) is 1. The van der Waals surface area contributed by atoms with Crippen molar-refractivity contribution in [1.82, 2.24) is 4.90 Å². The van der Waals surface area contributed by atoms with Gasteiger partial charge < -0.3 is 9.47 Å². The lowest BCUT2D eigenvalue weighted by Crippen LogP contribution is -2.46. The first-order chi connectivity index (χ1) is 12.0. The maximum Gasteiger partial charge on any atom is 0.410 e. The summed E-state index contributed by atoms with van der Waals surface area (Å²) < 4.78 is 10.6. The fourth-order valence-corrected chi connectivity index (χ4v) is 2.74. The smallest absolute Gasteiger partial charge is 0.410 e. The van der Waals surface area contributed by atoms with E-state index in [-0.39, 0.29) is 11.9 Å². The van der Waals surface area contributed by atoms with Crippen LogP contribution in [0.25, 0.3) is 0 Å². The number of hydrogen-bond donors (Lipinski definition) is 0. The van der Waals surface area contributed by atoms with E-state index in [2.05, 4.69) is 13.8 Å². The molecule has 25 heavy (non-hydrogen) atoms. The molecule has 5 heteroatoms. The van der Waals surface area contributed by atoms with Gasteiger partial charge in [-0.15, -0.1) is 0 Å². The third kappa shape index (κ3) is 11.1. The molecule has 0 spiro atoms. The van der Waals surface area contributed by atoms with E-state index in [9.17, 15) is 9.59 Å². The molecule has 0 saturated carbocycles. The Morgan fingerprint density at radius 2 is 1.28 bits per heavy atom. The Kier molecular flexibility index (Phi) is 14.3. The quantitative estimate of drug-likeness (QED) is 0.318. The van der Waals surface area contributed by atoms with Gasteiger partial charge in [0, 0.05) is 7.05 Å². The van der Waals surface area contributed by atoms with E-state index in [4.69, 9.17) is 9.47 Å². The van der Waals surface area contributed by atoms with Crippen LogP contribution in [-0.2, 0) is 14.3 Å². The van der Waals surface area contributed by atoms with Gasteiger partial charge in [0.05, 0.1) is 13.2 Å². The SMILES string of the molecule is CCCCCCCCOC(=O)N(C)C(C(=O)OCCCCC)C(C)C. The third-order valence-corrected chi connectivity index (χ3v) is 4.29. The second-order valence-electron chi connectivity index (χ2n) is 7.06. The summed E-state index contributed by atoms with van der Waals surface area (Å²) in [5, 5.41) is 0. The number of hydrogen-bond acceptors (Lipinski definition) is 4. The van der Waals surface area contributed by atoms with Crippen LogP contribution in [0.5, 0.6) is 0 Å². The van der Waals surface area contributed by atoms with Crippen LogP contribution in [-0.4, -0.2) is 43.3 Å². The maximum absolute atomic E-state index is 12.3. The van der Waals surface area contributed by atoms with E-state index in [1.165, 1.54) is 30.6 Å². The summed E-state index contributed by atoms with van der Waals surface area (Å²) in [5.74, 6) is -0.365. The Morgan fingerprint density at radius 3 is 1.88 bits per heavy atom. The summed E-state index contributed by atoms with van der Waals surface area (Å²) in [5.41, 5.74) is 0. The summed E-state index contributed by atoms with van der Waals surface area (Å²) in [7, 11) is 1.61. The summed E-state index contributed by atoms with van der Waals surface area (Å²) >= 11 is 0. The second kappa shape index (κ2) is 15.0. The van der Waals surface area contributed by atoms with E-state index in [1.807, 2.05) is 13.8 Å². The lowest BCUT2D eigenvalue weighted by atomic mass is 10.0. The topological polar surface area (TPSA) is 55.8 Å². The van der Waals surface area contributed by atoms with Crippen LogP contribution in [0.2, 0.25) is 0 Å². The van der Waals surface area contributed by atoms with Crippen molar-refractivity contribution in [3.05, 3.63) is 0 Å². The van der Waals surface area contributed by atoms with Gasteiger partial charge in [0.15, 0.2) is 0 Å². The maximum atomic E-state index is 12.3. The zero-order valence-electron chi connectivity index (χ0n) is 17.0. The lowest BCUT2D eigenvalue weighted by molar-refractivity contribution is -0.150. The minimum atomic E-state index is -0.598. The molecular formula is C20H39NO4. The normalized spacial score (nSPS) is 12.1.